The van der Waals surface area contributed by atoms with Crippen LogP contribution in [0.25, 0.3) is 22.6 Å². The number of halogens is 1. The molecule has 0 amide bonds. The van der Waals surface area contributed by atoms with E-state index in [0.29, 0.717) is 5.82 Å². The average molecular weight is 327 g/mol. The van der Waals surface area contributed by atoms with E-state index in [1.165, 1.54) is 0 Å². The summed E-state index contributed by atoms with van der Waals surface area (Å²) >= 11 is 0. The zero-order chi connectivity index (χ0) is 16.4. The van der Waals surface area contributed by atoms with E-state index >= 15 is 0 Å². The lowest BCUT2D eigenvalue weighted by Crippen LogP contribution is -2.29. The van der Waals surface area contributed by atoms with Gasteiger partial charge in [0.25, 0.3) is 5.89 Å². The maximum absolute atomic E-state index is 14.6. The minimum Gasteiger partial charge on any atom is -0.336 e. The average Bonchev–Trinajstić information content (AvgIpc) is 3.34. The molecular weight excluding hydrogens is 309 g/mol. The Labute approximate surface area is 138 Å². The van der Waals surface area contributed by atoms with Crippen LogP contribution in [-0.2, 0) is 0 Å². The Morgan fingerprint density at radius 3 is 2.54 bits per heavy atom. The summed E-state index contributed by atoms with van der Waals surface area (Å²) in [5.74, 6) is 0.439. The molecule has 124 valence electrons. The Balaban J connectivity index is 1.52. The normalized spacial score (nSPS) is 17.0. The van der Waals surface area contributed by atoms with E-state index in [-0.39, 0.29) is 11.8 Å². The molecule has 2 N–H and O–H groups in total. The molecule has 4 rings (SSSR count). The SMILES string of the molecule is FC(c1nc(-c2ccc(-c3ccn[nH]3)cc2)no1)C1CCNCC1. The van der Waals surface area contributed by atoms with Gasteiger partial charge in [-0.3, -0.25) is 5.10 Å². The van der Waals surface area contributed by atoms with Crippen LogP contribution < -0.4 is 5.32 Å². The van der Waals surface area contributed by atoms with Gasteiger partial charge in [0.1, 0.15) is 0 Å². The van der Waals surface area contributed by atoms with Crippen LogP contribution in [0.15, 0.2) is 41.1 Å². The second-order valence-electron chi connectivity index (χ2n) is 5.99. The molecule has 1 aliphatic rings. The van der Waals surface area contributed by atoms with Crippen LogP contribution in [0.4, 0.5) is 4.39 Å². The smallest absolute Gasteiger partial charge is 0.261 e. The number of nitrogens with one attached hydrogen (secondary N) is 2. The fraction of sp³-hybridized carbons (Fsp3) is 0.353. The van der Waals surface area contributed by atoms with Gasteiger partial charge in [-0.25, -0.2) is 4.39 Å². The first-order valence-corrected chi connectivity index (χ1v) is 8.10. The highest BCUT2D eigenvalue weighted by atomic mass is 19.1. The Morgan fingerprint density at radius 1 is 1.08 bits per heavy atom. The van der Waals surface area contributed by atoms with Crippen molar-refractivity contribution in [3.05, 3.63) is 42.4 Å². The van der Waals surface area contributed by atoms with Crippen LogP contribution in [0.3, 0.4) is 0 Å². The summed E-state index contributed by atoms with van der Waals surface area (Å²) in [7, 11) is 0. The minimum absolute atomic E-state index is 0.0534. The van der Waals surface area contributed by atoms with Crippen LogP contribution in [0, 0.1) is 5.92 Å². The van der Waals surface area contributed by atoms with E-state index in [1.807, 2.05) is 30.3 Å². The Hall–Kier alpha value is -2.54. The van der Waals surface area contributed by atoms with E-state index in [1.54, 1.807) is 6.20 Å². The molecule has 2 aromatic heterocycles. The summed E-state index contributed by atoms with van der Waals surface area (Å²) in [5.41, 5.74) is 2.74. The molecule has 7 heteroatoms. The number of rotatable bonds is 4. The molecule has 24 heavy (non-hydrogen) atoms. The molecule has 0 aliphatic carbocycles. The fourth-order valence-electron chi connectivity index (χ4n) is 3.02. The van der Waals surface area contributed by atoms with E-state index in [4.69, 9.17) is 4.52 Å². The molecule has 1 saturated heterocycles. The Kier molecular flexibility index (Phi) is 4.08. The summed E-state index contributed by atoms with van der Waals surface area (Å²) in [6, 6.07) is 9.57. The monoisotopic (exact) mass is 327 g/mol. The Morgan fingerprint density at radius 2 is 1.83 bits per heavy atom. The molecule has 0 spiro atoms. The molecule has 1 fully saturated rings. The minimum atomic E-state index is -1.20. The lowest BCUT2D eigenvalue weighted by Gasteiger charge is -2.23. The number of aromatic nitrogens is 4. The van der Waals surface area contributed by atoms with Gasteiger partial charge in [-0.2, -0.15) is 10.1 Å². The second kappa shape index (κ2) is 6.52. The van der Waals surface area contributed by atoms with Gasteiger partial charge in [0.15, 0.2) is 6.17 Å². The summed E-state index contributed by atoms with van der Waals surface area (Å²) in [5, 5.41) is 14.0. The quantitative estimate of drug-likeness (QED) is 0.769. The summed E-state index contributed by atoms with van der Waals surface area (Å²) < 4.78 is 19.7. The third-order valence-electron chi connectivity index (χ3n) is 4.43. The molecule has 1 atom stereocenters. The van der Waals surface area contributed by atoms with Crippen LogP contribution >= 0.6 is 0 Å². The number of hydrogen-bond donors (Lipinski definition) is 2. The van der Waals surface area contributed by atoms with Crippen molar-refractivity contribution in [3.8, 4) is 22.6 Å². The molecule has 0 bridgehead atoms. The van der Waals surface area contributed by atoms with Crippen molar-refractivity contribution in [1.29, 1.82) is 0 Å². The van der Waals surface area contributed by atoms with Crippen molar-refractivity contribution < 1.29 is 8.91 Å². The number of benzene rings is 1. The topological polar surface area (TPSA) is 79.6 Å². The van der Waals surface area contributed by atoms with Crippen LogP contribution in [0.5, 0.6) is 0 Å². The van der Waals surface area contributed by atoms with Crippen LogP contribution in [-0.4, -0.2) is 33.4 Å². The zero-order valence-electron chi connectivity index (χ0n) is 13.1. The molecular formula is C17H18FN5O. The first-order chi connectivity index (χ1) is 11.8. The van der Waals surface area contributed by atoms with Gasteiger partial charge in [0, 0.05) is 17.7 Å². The van der Waals surface area contributed by atoms with Crippen LogP contribution in [0.1, 0.15) is 24.9 Å². The molecule has 3 heterocycles. The number of nitrogens with zero attached hydrogens (tertiary/aromatic N) is 3. The number of piperidine rings is 1. The second-order valence-corrected chi connectivity index (χ2v) is 5.99. The molecule has 1 aromatic carbocycles. The van der Waals surface area contributed by atoms with Gasteiger partial charge in [-0.05, 0) is 37.6 Å². The zero-order valence-corrected chi connectivity index (χ0v) is 13.1. The number of H-pyrrole nitrogens is 1. The maximum Gasteiger partial charge on any atom is 0.261 e. The van der Waals surface area contributed by atoms with Crippen molar-refractivity contribution >= 4 is 0 Å². The van der Waals surface area contributed by atoms with Gasteiger partial charge in [0.05, 0.1) is 5.69 Å². The van der Waals surface area contributed by atoms with E-state index in [9.17, 15) is 4.39 Å². The number of alkyl halides is 1. The lowest BCUT2D eigenvalue weighted by molar-refractivity contribution is 0.147. The van der Waals surface area contributed by atoms with Crippen LogP contribution in [0.2, 0.25) is 0 Å². The first kappa shape index (κ1) is 15.0. The van der Waals surface area contributed by atoms with Gasteiger partial charge < -0.3 is 9.84 Å². The summed E-state index contributed by atoms with van der Waals surface area (Å²) in [6.45, 7) is 1.67. The van der Waals surface area contributed by atoms with E-state index in [2.05, 4.69) is 25.7 Å². The molecule has 6 nitrogen and oxygen atoms in total. The highest BCUT2D eigenvalue weighted by Crippen LogP contribution is 2.32. The Bertz CT molecular complexity index is 778. The number of hydrogen-bond acceptors (Lipinski definition) is 5. The van der Waals surface area contributed by atoms with Gasteiger partial charge in [0.2, 0.25) is 5.82 Å². The van der Waals surface area contributed by atoms with E-state index in [0.717, 1.165) is 42.8 Å². The van der Waals surface area contributed by atoms with Gasteiger partial charge in [-0.15, -0.1) is 0 Å². The van der Waals surface area contributed by atoms with Crippen molar-refractivity contribution in [2.24, 2.45) is 5.92 Å². The van der Waals surface area contributed by atoms with Gasteiger partial charge >= 0.3 is 0 Å². The lowest BCUT2D eigenvalue weighted by atomic mass is 9.93. The highest BCUT2D eigenvalue weighted by molar-refractivity contribution is 5.64. The summed E-state index contributed by atoms with van der Waals surface area (Å²) in [6.07, 6.45) is 2.09. The molecule has 0 radical (unpaired) electrons. The van der Waals surface area contributed by atoms with Gasteiger partial charge in [-0.1, -0.05) is 29.4 Å². The summed E-state index contributed by atoms with van der Waals surface area (Å²) in [4.78, 5) is 4.25. The van der Waals surface area contributed by atoms with E-state index < -0.39 is 6.17 Å². The standard InChI is InChI=1S/C17H18FN5O/c18-15(12-5-8-19-9-6-12)17-21-16(23-24-17)13-3-1-11(2-4-13)14-7-10-20-22-14/h1-4,7,10,12,15,19H,5-6,8-9H2,(H,20,22). The van der Waals surface area contributed by atoms with Crippen molar-refractivity contribution in [2.75, 3.05) is 13.1 Å². The third kappa shape index (κ3) is 2.94. The van der Waals surface area contributed by atoms with Crippen molar-refractivity contribution in [2.45, 2.75) is 19.0 Å². The van der Waals surface area contributed by atoms with Crippen molar-refractivity contribution in [1.82, 2.24) is 25.7 Å². The number of aromatic amines is 1. The fourth-order valence-corrected chi connectivity index (χ4v) is 3.02. The molecule has 1 unspecified atom stereocenters. The molecule has 1 aliphatic heterocycles. The first-order valence-electron chi connectivity index (χ1n) is 8.10. The predicted molar refractivity (Wildman–Crippen MR) is 86.8 cm³/mol. The third-order valence-corrected chi connectivity index (χ3v) is 4.43. The largest absolute Gasteiger partial charge is 0.336 e. The predicted octanol–water partition coefficient (Wildman–Crippen LogP) is 3.14. The maximum atomic E-state index is 14.6. The molecule has 0 saturated carbocycles. The highest BCUT2D eigenvalue weighted by Gasteiger charge is 2.29. The molecule has 3 aromatic rings. The van der Waals surface area contributed by atoms with Crippen molar-refractivity contribution in [3.63, 3.8) is 0 Å².